The van der Waals surface area contributed by atoms with Crippen molar-refractivity contribution in [2.24, 2.45) is 0 Å². The number of imidazole rings is 1. The van der Waals surface area contributed by atoms with Crippen LogP contribution in [0.1, 0.15) is 0 Å². The summed E-state index contributed by atoms with van der Waals surface area (Å²) in [6.07, 6.45) is 1.84. The Labute approximate surface area is 303 Å². The molecule has 0 bridgehead atoms. The summed E-state index contributed by atoms with van der Waals surface area (Å²) in [7, 11) is 0. The number of phenols is 1. The van der Waals surface area contributed by atoms with E-state index >= 15 is 0 Å². The molecule has 0 unspecified atom stereocenters. The summed E-state index contributed by atoms with van der Waals surface area (Å²) >= 11 is 0. The topological polar surface area (TPSA) is 55.9 Å². The maximum absolute atomic E-state index is 11.2. The summed E-state index contributed by atoms with van der Waals surface area (Å²) in [4.78, 5) is 10.3. The molecule has 1 N–H and O–H groups in total. The maximum atomic E-state index is 11.2. The molecule has 10 rings (SSSR count). The van der Waals surface area contributed by atoms with Crippen LogP contribution in [0.25, 0.3) is 89.5 Å². The third-order valence-corrected chi connectivity index (χ3v) is 9.57. The first-order chi connectivity index (χ1) is 24.3. The fourth-order valence-electron chi connectivity index (χ4n) is 7.46. The Kier molecular flexibility index (Phi) is 7.11. The van der Waals surface area contributed by atoms with Gasteiger partial charge in [0.2, 0.25) is 0 Å². The standard InChI is InChI=1S/C44H27N4O.Pt/c49-40-23-11-9-20-37(40)44-46-41-38-27-29(47-39-22-10-8-18-34(39)36-21-12-26-45-43(36)47)24-25-33(38)31-16-5-4-15-30(31)32-17-6-7-19-35(32)42(41)48(44)28-13-2-1-3-14-28;/h1-26,49H;/q-1;. The Bertz CT molecular complexity index is 2690. The zero-order valence-electron chi connectivity index (χ0n) is 26.6. The molecule has 0 spiro atoms. The van der Waals surface area contributed by atoms with Gasteiger partial charge in [0, 0.05) is 55.1 Å². The largest absolute Gasteiger partial charge is 0.507 e. The molecule has 9 aromatic rings. The minimum absolute atomic E-state index is 0. The van der Waals surface area contributed by atoms with Crippen molar-refractivity contribution < 1.29 is 26.2 Å². The van der Waals surface area contributed by atoms with Crippen molar-refractivity contribution in [3.8, 4) is 73.3 Å². The Morgan fingerprint density at radius 3 is 1.92 bits per heavy atom. The minimum Gasteiger partial charge on any atom is -0.507 e. The number of pyridine rings is 1. The number of hydrogen-bond acceptors (Lipinski definition) is 3. The van der Waals surface area contributed by atoms with Crippen molar-refractivity contribution in [3.63, 3.8) is 0 Å². The summed E-state index contributed by atoms with van der Waals surface area (Å²) in [5.41, 5.74) is 12.4. The zero-order chi connectivity index (χ0) is 32.5. The van der Waals surface area contributed by atoms with Gasteiger partial charge in [-0.3, -0.25) is 4.98 Å². The van der Waals surface area contributed by atoms with E-state index < -0.39 is 0 Å². The van der Waals surface area contributed by atoms with Crippen LogP contribution in [0, 0.1) is 6.07 Å². The van der Waals surface area contributed by atoms with Crippen LogP contribution >= 0.6 is 0 Å². The van der Waals surface area contributed by atoms with Gasteiger partial charge in [0.1, 0.15) is 17.2 Å². The summed E-state index contributed by atoms with van der Waals surface area (Å²) in [6, 6.07) is 55.6. The van der Waals surface area contributed by atoms with Gasteiger partial charge in [0.15, 0.2) is 0 Å². The first kappa shape index (κ1) is 30.1. The van der Waals surface area contributed by atoms with Crippen LogP contribution in [0.4, 0.5) is 0 Å². The molecular weight excluding hydrogens is 796 g/mol. The van der Waals surface area contributed by atoms with Crippen LogP contribution in [-0.4, -0.2) is 24.2 Å². The molecule has 6 aromatic carbocycles. The smallest absolute Gasteiger partial charge is 0.144 e. The van der Waals surface area contributed by atoms with Crippen molar-refractivity contribution in [3.05, 3.63) is 164 Å². The Balaban J connectivity index is 0.00000336. The molecule has 6 heteroatoms. The van der Waals surface area contributed by atoms with Crippen molar-refractivity contribution in [2.75, 3.05) is 0 Å². The van der Waals surface area contributed by atoms with Crippen LogP contribution < -0.4 is 0 Å². The number of aromatic nitrogens is 4. The summed E-state index contributed by atoms with van der Waals surface area (Å²) in [5, 5.41) is 13.5. The van der Waals surface area contributed by atoms with E-state index in [0.29, 0.717) is 11.4 Å². The van der Waals surface area contributed by atoms with Crippen LogP contribution in [0.2, 0.25) is 0 Å². The van der Waals surface area contributed by atoms with Gasteiger partial charge in [-0.05, 0) is 64.8 Å². The molecule has 5 nitrogen and oxygen atoms in total. The van der Waals surface area contributed by atoms with E-state index in [2.05, 4.69) is 118 Å². The predicted molar refractivity (Wildman–Crippen MR) is 197 cm³/mol. The van der Waals surface area contributed by atoms with Gasteiger partial charge in [0.25, 0.3) is 0 Å². The van der Waals surface area contributed by atoms with Gasteiger partial charge < -0.3 is 14.2 Å². The number of benzene rings is 6. The van der Waals surface area contributed by atoms with Crippen molar-refractivity contribution in [1.82, 2.24) is 19.1 Å². The molecule has 0 saturated heterocycles. The average molecular weight is 823 g/mol. The molecule has 3 aromatic heterocycles. The van der Waals surface area contributed by atoms with Gasteiger partial charge in [-0.15, -0.1) is 23.8 Å². The molecular formula is C44H27N4OPt-. The first-order valence-corrected chi connectivity index (χ1v) is 16.3. The molecule has 1 aliphatic rings. The van der Waals surface area contributed by atoms with E-state index in [1.165, 1.54) is 0 Å². The summed E-state index contributed by atoms with van der Waals surface area (Å²) < 4.78 is 4.38. The van der Waals surface area contributed by atoms with Crippen molar-refractivity contribution in [2.45, 2.75) is 0 Å². The minimum atomic E-state index is 0. The number of rotatable bonds is 3. The summed E-state index contributed by atoms with van der Waals surface area (Å²) in [6.45, 7) is 0. The molecule has 240 valence electrons. The fourth-order valence-corrected chi connectivity index (χ4v) is 7.46. The van der Waals surface area contributed by atoms with Gasteiger partial charge in [-0.25, -0.2) is 4.98 Å². The van der Waals surface area contributed by atoms with Crippen LogP contribution in [-0.2, 0) is 21.1 Å². The monoisotopic (exact) mass is 822 g/mol. The molecule has 0 atom stereocenters. The third kappa shape index (κ3) is 4.44. The average Bonchev–Trinajstić information content (AvgIpc) is 3.71. The Morgan fingerprint density at radius 1 is 0.520 bits per heavy atom. The number of phenolic OH excluding ortho intramolecular Hbond substituents is 1. The predicted octanol–water partition coefficient (Wildman–Crippen LogP) is 10.5. The van der Waals surface area contributed by atoms with E-state index in [0.717, 1.165) is 78.1 Å². The maximum Gasteiger partial charge on any atom is 0.144 e. The first-order valence-electron chi connectivity index (χ1n) is 16.3. The third-order valence-electron chi connectivity index (χ3n) is 9.57. The van der Waals surface area contributed by atoms with Gasteiger partial charge in [-0.2, -0.15) is 0 Å². The second-order valence-electron chi connectivity index (χ2n) is 12.3. The Hall–Kier alpha value is -6.03. The fraction of sp³-hybridized carbons (Fsp3) is 0. The van der Waals surface area contributed by atoms with E-state index in [4.69, 9.17) is 9.97 Å². The molecule has 0 radical (unpaired) electrons. The van der Waals surface area contributed by atoms with E-state index in [9.17, 15) is 5.11 Å². The normalized spacial score (nSPS) is 11.5. The van der Waals surface area contributed by atoms with Crippen LogP contribution in [0.5, 0.6) is 5.75 Å². The SMILES string of the molecule is Oc1ccccc1-c1nc2c(n1-c1ccccc1)-c1ccccc1-c1ccccc1-c1ccc(-n3c4ccccc4c4cccnc43)[c-]c1-2.[Pt]. The molecule has 3 heterocycles. The van der Waals surface area contributed by atoms with Gasteiger partial charge in [0.05, 0.1) is 11.1 Å². The van der Waals surface area contributed by atoms with Crippen molar-refractivity contribution in [1.29, 1.82) is 0 Å². The molecule has 1 aliphatic carbocycles. The molecule has 0 fully saturated rings. The molecule has 0 aliphatic heterocycles. The number of fused-ring (bicyclic) bond motifs is 11. The molecule has 0 amide bonds. The van der Waals surface area contributed by atoms with Crippen LogP contribution in [0.15, 0.2) is 158 Å². The number of hydrogen-bond donors (Lipinski definition) is 1. The van der Waals surface area contributed by atoms with E-state index in [1.807, 2.05) is 48.7 Å². The number of aromatic hydroxyl groups is 1. The second-order valence-corrected chi connectivity index (χ2v) is 12.3. The second kappa shape index (κ2) is 11.8. The Morgan fingerprint density at radius 2 is 1.14 bits per heavy atom. The van der Waals surface area contributed by atoms with Gasteiger partial charge >= 0.3 is 0 Å². The van der Waals surface area contributed by atoms with Crippen molar-refractivity contribution >= 4 is 21.9 Å². The molecule has 50 heavy (non-hydrogen) atoms. The van der Waals surface area contributed by atoms with E-state index in [1.54, 1.807) is 6.07 Å². The summed E-state index contributed by atoms with van der Waals surface area (Å²) in [5.74, 6) is 0.821. The van der Waals surface area contributed by atoms with Gasteiger partial charge in [-0.1, -0.05) is 108 Å². The van der Waals surface area contributed by atoms with Crippen LogP contribution in [0.3, 0.4) is 0 Å². The quantitative estimate of drug-likeness (QED) is 0.181. The van der Waals surface area contributed by atoms with E-state index in [-0.39, 0.29) is 26.8 Å². The number of para-hydroxylation sites is 3. The zero-order valence-corrected chi connectivity index (χ0v) is 28.8. The number of nitrogens with zero attached hydrogens (tertiary/aromatic N) is 4. The molecule has 0 saturated carbocycles.